The van der Waals surface area contributed by atoms with Gasteiger partial charge in [-0.25, -0.2) is 9.97 Å². The van der Waals surface area contributed by atoms with Gasteiger partial charge in [0.05, 0.1) is 10.4 Å². The molecular formula is C21H27N5O2. The zero-order valence-corrected chi connectivity index (χ0v) is 16.5. The molecule has 1 heterocycles. The number of anilines is 1. The number of para-hydroxylation sites is 1. The Bertz CT molecular complexity index is 903. The van der Waals surface area contributed by atoms with Crippen molar-refractivity contribution >= 4 is 28.1 Å². The lowest BCUT2D eigenvalue weighted by atomic mass is 10.1. The van der Waals surface area contributed by atoms with Gasteiger partial charge in [0.1, 0.15) is 5.69 Å². The first-order valence-corrected chi connectivity index (χ1v) is 9.91. The predicted octanol–water partition coefficient (Wildman–Crippen LogP) is 4.42. The Balaban J connectivity index is 1.81. The average molecular weight is 381 g/mol. The number of hydrogen-bond acceptors (Lipinski definition) is 6. The highest BCUT2D eigenvalue weighted by atomic mass is 16.6. The van der Waals surface area contributed by atoms with Crippen molar-refractivity contribution in [2.75, 3.05) is 31.5 Å². The second-order valence-corrected chi connectivity index (χ2v) is 6.81. The van der Waals surface area contributed by atoms with Crippen LogP contribution in [0.15, 0.2) is 36.4 Å². The van der Waals surface area contributed by atoms with E-state index in [0.29, 0.717) is 16.9 Å². The summed E-state index contributed by atoms with van der Waals surface area (Å²) in [6, 6.07) is 4.90. The van der Waals surface area contributed by atoms with Crippen molar-refractivity contribution < 1.29 is 4.92 Å². The summed E-state index contributed by atoms with van der Waals surface area (Å²) >= 11 is 0. The van der Waals surface area contributed by atoms with Crippen molar-refractivity contribution in [3.05, 3.63) is 52.2 Å². The first kappa shape index (κ1) is 19.9. The molecular weight excluding hydrogens is 354 g/mol. The highest BCUT2D eigenvalue weighted by Crippen LogP contribution is 2.31. The molecule has 1 N–H and O–H groups in total. The van der Waals surface area contributed by atoms with E-state index in [0.717, 1.165) is 56.7 Å². The van der Waals surface area contributed by atoms with Gasteiger partial charge in [-0.1, -0.05) is 38.1 Å². The molecule has 3 rings (SSSR count). The number of nitro benzene ring substituents is 1. The van der Waals surface area contributed by atoms with Gasteiger partial charge in [-0.15, -0.1) is 0 Å². The fourth-order valence-electron chi connectivity index (χ4n) is 3.39. The van der Waals surface area contributed by atoms with E-state index in [1.54, 1.807) is 12.1 Å². The van der Waals surface area contributed by atoms with Crippen LogP contribution in [-0.2, 0) is 0 Å². The van der Waals surface area contributed by atoms with Crippen LogP contribution in [0.4, 0.5) is 11.5 Å². The van der Waals surface area contributed by atoms with Gasteiger partial charge in [-0.3, -0.25) is 10.1 Å². The maximum absolute atomic E-state index is 11.4. The lowest BCUT2D eigenvalue weighted by Crippen LogP contribution is -2.24. The van der Waals surface area contributed by atoms with E-state index in [4.69, 9.17) is 4.98 Å². The van der Waals surface area contributed by atoms with Gasteiger partial charge in [-0.2, -0.15) is 0 Å². The zero-order chi connectivity index (χ0) is 19.9. The third kappa shape index (κ3) is 4.54. The summed E-state index contributed by atoms with van der Waals surface area (Å²) in [5.41, 5.74) is 2.71. The second-order valence-electron chi connectivity index (χ2n) is 6.81. The number of hydrogen-bond donors (Lipinski definition) is 1. The van der Waals surface area contributed by atoms with Crippen molar-refractivity contribution in [3.8, 4) is 0 Å². The summed E-state index contributed by atoms with van der Waals surface area (Å²) in [4.78, 5) is 22.7. The first-order chi connectivity index (χ1) is 13.6. The van der Waals surface area contributed by atoms with Gasteiger partial charge in [0.2, 0.25) is 0 Å². The number of nitro groups is 1. The van der Waals surface area contributed by atoms with Gasteiger partial charge in [-0.05, 0) is 50.5 Å². The molecule has 1 aromatic heterocycles. The molecule has 28 heavy (non-hydrogen) atoms. The molecule has 0 aliphatic heterocycles. The van der Waals surface area contributed by atoms with E-state index < -0.39 is 4.92 Å². The van der Waals surface area contributed by atoms with Gasteiger partial charge >= 0.3 is 0 Å². The van der Waals surface area contributed by atoms with E-state index in [-0.39, 0.29) is 5.69 Å². The van der Waals surface area contributed by atoms with Gasteiger partial charge in [0.15, 0.2) is 11.3 Å². The normalized spacial score (nSPS) is 13.3. The van der Waals surface area contributed by atoms with Crippen LogP contribution in [0, 0.1) is 10.1 Å². The molecule has 0 bridgehead atoms. The van der Waals surface area contributed by atoms with Gasteiger partial charge in [0, 0.05) is 12.6 Å². The summed E-state index contributed by atoms with van der Waals surface area (Å²) < 4.78 is 0. The number of allylic oxidation sites excluding steroid dienone is 4. The molecule has 0 saturated carbocycles. The van der Waals surface area contributed by atoms with Gasteiger partial charge in [0.25, 0.3) is 5.69 Å². The quantitative estimate of drug-likeness (QED) is 0.373. The molecule has 0 radical (unpaired) electrons. The number of non-ortho nitro benzene ring substituents is 1. The van der Waals surface area contributed by atoms with E-state index in [1.807, 2.05) is 12.2 Å². The van der Waals surface area contributed by atoms with Crippen molar-refractivity contribution in [2.45, 2.75) is 33.1 Å². The third-order valence-electron chi connectivity index (χ3n) is 5.03. The molecule has 0 unspecified atom stereocenters. The number of benzene rings is 1. The Labute approximate surface area is 165 Å². The van der Waals surface area contributed by atoms with Gasteiger partial charge < -0.3 is 10.2 Å². The fourth-order valence-corrected chi connectivity index (χ4v) is 3.39. The highest BCUT2D eigenvalue weighted by Gasteiger charge is 2.19. The van der Waals surface area contributed by atoms with E-state index in [9.17, 15) is 10.1 Å². The number of rotatable bonds is 10. The lowest BCUT2D eigenvalue weighted by molar-refractivity contribution is -0.383. The lowest BCUT2D eigenvalue weighted by Gasteiger charge is -2.18. The number of nitrogens with one attached hydrogen (secondary N) is 1. The molecule has 7 heteroatoms. The molecule has 0 fully saturated rings. The molecule has 0 saturated heterocycles. The molecule has 0 atom stereocenters. The summed E-state index contributed by atoms with van der Waals surface area (Å²) in [5.74, 6) is 0.625. The van der Waals surface area contributed by atoms with Crippen LogP contribution in [0.5, 0.6) is 0 Å². The minimum atomic E-state index is -0.402. The van der Waals surface area contributed by atoms with Crippen LogP contribution < -0.4 is 5.32 Å². The molecule has 2 aromatic rings. The molecule has 1 aromatic carbocycles. The Morgan fingerprint density at radius 1 is 1.21 bits per heavy atom. The molecule has 1 aliphatic rings. The highest BCUT2D eigenvalue weighted by molar-refractivity contribution is 5.88. The van der Waals surface area contributed by atoms with Crippen molar-refractivity contribution in [2.24, 2.45) is 0 Å². The summed E-state index contributed by atoms with van der Waals surface area (Å²) in [6.07, 6.45) is 8.99. The monoisotopic (exact) mass is 381 g/mol. The SMILES string of the molecule is CCN(CC)CCCCNc1nc2c([N+](=O)[O-])cccc2nc1C1=CC=CC1. The minimum Gasteiger partial charge on any atom is -0.368 e. The third-order valence-corrected chi connectivity index (χ3v) is 5.03. The van der Waals surface area contributed by atoms with Crippen LogP contribution >= 0.6 is 0 Å². The Morgan fingerprint density at radius 2 is 2.04 bits per heavy atom. The largest absolute Gasteiger partial charge is 0.368 e. The predicted molar refractivity (Wildman–Crippen MR) is 113 cm³/mol. The molecule has 1 aliphatic carbocycles. The zero-order valence-electron chi connectivity index (χ0n) is 16.5. The molecule has 0 amide bonds. The minimum absolute atomic E-state index is 0.0142. The Kier molecular flexibility index (Phi) is 6.71. The van der Waals surface area contributed by atoms with E-state index in [2.05, 4.69) is 35.1 Å². The van der Waals surface area contributed by atoms with E-state index in [1.165, 1.54) is 6.07 Å². The summed E-state index contributed by atoms with van der Waals surface area (Å²) in [6.45, 7) is 8.31. The van der Waals surface area contributed by atoms with Crippen LogP contribution in [0.2, 0.25) is 0 Å². The topological polar surface area (TPSA) is 84.2 Å². The molecule has 148 valence electrons. The van der Waals surface area contributed by atoms with Crippen molar-refractivity contribution in [3.63, 3.8) is 0 Å². The van der Waals surface area contributed by atoms with Crippen molar-refractivity contribution in [1.29, 1.82) is 0 Å². The van der Waals surface area contributed by atoms with Crippen molar-refractivity contribution in [1.82, 2.24) is 14.9 Å². The molecule has 0 spiro atoms. The smallest absolute Gasteiger partial charge is 0.297 e. The number of unbranched alkanes of at least 4 members (excludes halogenated alkanes) is 1. The van der Waals surface area contributed by atoms with Crippen LogP contribution in [0.25, 0.3) is 16.6 Å². The first-order valence-electron chi connectivity index (χ1n) is 9.91. The Morgan fingerprint density at radius 3 is 2.71 bits per heavy atom. The second kappa shape index (κ2) is 9.41. The van der Waals surface area contributed by atoms with E-state index >= 15 is 0 Å². The summed E-state index contributed by atoms with van der Waals surface area (Å²) in [5, 5.41) is 14.8. The number of nitrogens with zero attached hydrogens (tertiary/aromatic N) is 4. The molecule has 7 nitrogen and oxygen atoms in total. The standard InChI is InChI=1S/C21H27N5O2/c1-3-25(4-2)15-8-7-14-22-21-19(16-10-5-6-11-16)23-17-12-9-13-18(26(27)28)20(17)24-21/h5-6,9-10,12-13H,3-4,7-8,11,14-15H2,1-2H3,(H,22,24). The van der Waals surface area contributed by atoms with Crippen LogP contribution in [0.3, 0.4) is 0 Å². The maximum atomic E-state index is 11.4. The fraction of sp³-hybridized carbons (Fsp3) is 0.429. The maximum Gasteiger partial charge on any atom is 0.297 e. The van der Waals surface area contributed by atoms with Crippen LogP contribution in [0.1, 0.15) is 38.8 Å². The Hall–Kier alpha value is -2.80. The number of aromatic nitrogens is 2. The average Bonchev–Trinajstić information content (AvgIpc) is 3.24. The summed E-state index contributed by atoms with van der Waals surface area (Å²) in [7, 11) is 0. The number of fused-ring (bicyclic) bond motifs is 1. The van der Waals surface area contributed by atoms with Crippen LogP contribution in [-0.4, -0.2) is 46.0 Å².